The molecule has 0 saturated carbocycles. The van der Waals surface area contributed by atoms with Crippen molar-refractivity contribution in [1.82, 2.24) is 19.3 Å². The summed E-state index contributed by atoms with van der Waals surface area (Å²) in [4.78, 5) is 27.3. The van der Waals surface area contributed by atoms with Crippen LogP contribution < -0.4 is 16.0 Å². The van der Waals surface area contributed by atoms with Gasteiger partial charge in [0, 0.05) is 13.1 Å². The van der Waals surface area contributed by atoms with E-state index in [9.17, 15) is 14.0 Å². The molecule has 9 heteroatoms. The number of fused-ring (bicyclic) bond motifs is 1. The van der Waals surface area contributed by atoms with Crippen LogP contribution in [-0.2, 0) is 7.05 Å². The van der Waals surface area contributed by atoms with Crippen LogP contribution in [0, 0.1) is 5.82 Å². The molecule has 2 aromatic heterocycles. The van der Waals surface area contributed by atoms with Crippen molar-refractivity contribution in [2.45, 2.75) is 0 Å². The van der Waals surface area contributed by atoms with Crippen molar-refractivity contribution in [1.29, 1.82) is 0 Å². The van der Waals surface area contributed by atoms with E-state index in [1.54, 1.807) is 7.05 Å². The number of hydrogen-bond acceptors (Lipinski definition) is 4. The van der Waals surface area contributed by atoms with Crippen LogP contribution in [0.1, 0.15) is 0 Å². The van der Waals surface area contributed by atoms with E-state index in [2.05, 4.69) is 16.7 Å². The molecule has 1 N–H and O–H groups in total. The minimum atomic E-state index is -0.832. The lowest BCUT2D eigenvalue weighted by molar-refractivity contribution is 0.362. The first-order chi connectivity index (χ1) is 11.4. The molecule has 0 saturated heterocycles. The van der Waals surface area contributed by atoms with E-state index in [1.807, 2.05) is 0 Å². The number of rotatable bonds is 4. The number of ether oxygens (including phenoxy) is 1. The predicted octanol–water partition coefficient (Wildman–Crippen LogP) is 1.77. The highest BCUT2D eigenvalue weighted by atomic mass is 35.5. The van der Waals surface area contributed by atoms with Gasteiger partial charge in [-0.15, -0.1) is 0 Å². The standard InChI is InChI=1S/C15H12ClFN4O3/c1-3-4-24-12-6-11(10(17)5-9(12)16)21-14(22)8-7-18-20(2)13(8)19-15(21)23/h3,5-7H,1,4H2,2H3,(H,19,23). The van der Waals surface area contributed by atoms with Crippen LogP contribution in [0.15, 0.2) is 40.6 Å². The molecule has 3 rings (SSSR count). The number of nitrogens with zero attached hydrogens (tertiary/aromatic N) is 3. The molecule has 0 amide bonds. The summed E-state index contributed by atoms with van der Waals surface area (Å²) >= 11 is 5.92. The fourth-order valence-electron chi connectivity index (χ4n) is 2.28. The van der Waals surface area contributed by atoms with Crippen molar-refractivity contribution >= 4 is 22.6 Å². The minimum Gasteiger partial charge on any atom is -0.488 e. The third-order valence-electron chi connectivity index (χ3n) is 3.40. The summed E-state index contributed by atoms with van der Waals surface area (Å²) in [6.45, 7) is 3.64. The van der Waals surface area contributed by atoms with Gasteiger partial charge in [-0.3, -0.25) is 14.5 Å². The van der Waals surface area contributed by atoms with Crippen LogP contribution in [-0.4, -0.2) is 25.9 Å². The van der Waals surface area contributed by atoms with Crippen molar-refractivity contribution in [3.8, 4) is 11.4 Å². The number of nitrogens with one attached hydrogen (secondary N) is 1. The predicted molar refractivity (Wildman–Crippen MR) is 87.6 cm³/mol. The Labute approximate surface area is 139 Å². The summed E-state index contributed by atoms with van der Waals surface area (Å²) in [6.07, 6.45) is 2.78. The van der Waals surface area contributed by atoms with Crippen LogP contribution in [0.2, 0.25) is 5.02 Å². The van der Waals surface area contributed by atoms with Crippen molar-refractivity contribution in [3.05, 3.63) is 62.7 Å². The van der Waals surface area contributed by atoms with E-state index in [1.165, 1.54) is 23.0 Å². The van der Waals surface area contributed by atoms with Gasteiger partial charge in [0.1, 0.15) is 29.2 Å². The van der Waals surface area contributed by atoms with Crippen LogP contribution >= 0.6 is 11.6 Å². The Kier molecular flexibility index (Phi) is 3.98. The average Bonchev–Trinajstić information content (AvgIpc) is 2.89. The Morgan fingerprint density at radius 3 is 2.92 bits per heavy atom. The van der Waals surface area contributed by atoms with Gasteiger partial charge in [0.2, 0.25) is 0 Å². The highest BCUT2D eigenvalue weighted by Gasteiger charge is 2.18. The van der Waals surface area contributed by atoms with E-state index in [0.29, 0.717) is 4.57 Å². The van der Waals surface area contributed by atoms with Gasteiger partial charge in [-0.05, 0) is 6.07 Å². The molecule has 0 atom stereocenters. The molecule has 124 valence electrons. The first-order valence-electron chi connectivity index (χ1n) is 6.84. The molecule has 0 aliphatic heterocycles. The molecule has 3 aromatic rings. The first-order valence-corrected chi connectivity index (χ1v) is 7.22. The van der Waals surface area contributed by atoms with E-state index in [4.69, 9.17) is 16.3 Å². The molecule has 1 aromatic carbocycles. The molecular formula is C15H12ClFN4O3. The number of aromatic nitrogens is 4. The molecule has 0 spiro atoms. The zero-order valence-electron chi connectivity index (χ0n) is 12.5. The summed E-state index contributed by atoms with van der Waals surface area (Å²) < 4.78 is 21.6. The second-order valence-electron chi connectivity index (χ2n) is 4.93. The molecule has 24 heavy (non-hydrogen) atoms. The number of H-pyrrole nitrogens is 1. The summed E-state index contributed by atoms with van der Waals surface area (Å²) in [6, 6.07) is 2.18. The molecule has 0 unspecified atom stereocenters. The van der Waals surface area contributed by atoms with E-state index in [-0.39, 0.29) is 34.1 Å². The highest BCUT2D eigenvalue weighted by Crippen LogP contribution is 2.29. The largest absolute Gasteiger partial charge is 0.488 e. The maximum atomic E-state index is 14.3. The maximum Gasteiger partial charge on any atom is 0.334 e. The normalized spacial score (nSPS) is 11.0. The van der Waals surface area contributed by atoms with Crippen molar-refractivity contribution in [2.24, 2.45) is 7.05 Å². The number of halogens is 2. The third-order valence-corrected chi connectivity index (χ3v) is 3.69. The fourth-order valence-corrected chi connectivity index (χ4v) is 2.48. The maximum absolute atomic E-state index is 14.3. The monoisotopic (exact) mass is 350 g/mol. The van der Waals surface area contributed by atoms with E-state index >= 15 is 0 Å². The fraction of sp³-hybridized carbons (Fsp3) is 0.133. The smallest absolute Gasteiger partial charge is 0.334 e. The minimum absolute atomic E-state index is 0.0185. The SMILES string of the molecule is C=CCOc1cc(-n2c(=O)[nH]c3c(cnn3C)c2=O)c(F)cc1Cl. The number of hydrogen-bond donors (Lipinski definition) is 1. The van der Waals surface area contributed by atoms with Gasteiger partial charge in [-0.1, -0.05) is 24.3 Å². The summed E-state index contributed by atoms with van der Waals surface area (Å²) in [7, 11) is 1.58. The van der Waals surface area contributed by atoms with Crippen molar-refractivity contribution in [2.75, 3.05) is 6.61 Å². The van der Waals surface area contributed by atoms with E-state index in [0.717, 1.165) is 6.07 Å². The van der Waals surface area contributed by atoms with Crippen LogP contribution in [0.25, 0.3) is 16.7 Å². The molecule has 2 heterocycles. The number of benzene rings is 1. The lowest BCUT2D eigenvalue weighted by Crippen LogP contribution is -2.34. The van der Waals surface area contributed by atoms with Gasteiger partial charge < -0.3 is 4.74 Å². The molecule has 7 nitrogen and oxygen atoms in total. The quantitative estimate of drug-likeness (QED) is 0.727. The molecule has 0 bridgehead atoms. The average molecular weight is 351 g/mol. The number of aromatic amines is 1. The van der Waals surface area contributed by atoms with E-state index < -0.39 is 17.1 Å². The summed E-state index contributed by atoms with van der Waals surface area (Å²) in [5.74, 6) is -0.702. The molecular weight excluding hydrogens is 339 g/mol. The summed E-state index contributed by atoms with van der Waals surface area (Å²) in [5, 5.41) is 4.08. The Hall–Kier alpha value is -2.87. The van der Waals surface area contributed by atoms with Gasteiger partial charge in [0.25, 0.3) is 5.56 Å². The molecule has 0 fully saturated rings. The van der Waals surface area contributed by atoms with Crippen LogP contribution in [0.3, 0.4) is 0 Å². The van der Waals surface area contributed by atoms with Crippen molar-refractivity contribution in [3.63, 3.8) is 0 Å². The molecule has 0 radical (unpaired) electrons. The zero-order valence-corrected chi connectivity index (χ0v) is 13.3. The molecule has 0 aliphatic rings. The van der Waals surface area contributed by atoms with Gasteiger partial charge in [-0.2, -0.15) is 5.10 Å². The Morgan fingerprint density at radius 2 is 2.21 bits per heavy atom. The van der Waals surface area contributed by atoms with Gasteiger partial charge >= 0.3 is 5.69 Å². The zero-order chi connectivity index (χ0) is 17.4. The molecule has 0 aliphatic carbocycles. The van der Waals surface area contributed by atoms with Gasteiger partial charge in [0.05, 0.1) is 16.9 Å². The first kappa shape index (κ1) is 16.0. The lowest BCUT2D eigenvalue weighted by Gasteiger charge is -2.11. The second kappa shape index (κ2) is 5.97. The lowest BCUT2D eigenvalue weighted by atomic mass is 10.2. The van der Waals surface area contributed by atoms with Crippen LogP contribution in [0.4, 0.5) is 4.39 Å². The van der Waals surface area contributed by atoms with Crippen LogP contribution in [0.5, 0.6) is 5.75 Å². The topological polar surface area (TPSA) is 81.9 Å². The van der Waals surface area contributed by atoms with Gasteiger partial charge in [0.15, 0.2) is 0 Å². The third kappa shape index (κ3) is 2.50. The Balaban J connectivity index is 2.29. The summed E-state index contributed by atoms with van der Waals surface area (Å²) in [5.41, 5.74) is -1.51. The second-order valence-corrected chi connectivity index (χ2v) is 5.34. The van der Waals surface area contributed by atoms with Crippen molar-refractivity contribution < 1.29 is 9.13 Å². The highest BCUT2D eigenvalue weighted by molar-refractivity contribution is 6.32. The van der Waals surface area contributed by atoms with Gasteiger partial charge in [-0.25, -0.2) is 13.8 Å². The number of aryl methyl sites for hydroxylation is 1. The Bertz CT molecular complexity index is 1070. The Morgan fingerprint density at radius 1 is 1.46 bits per heavy atom.